The summed E-state index contributed by atoms with van der Waals surface area (Å²) >= 11 is 0. The Morgan fingerprint density at radius 2 is 2.31 bits per heavy atom. The van der Waals surface area contributed by atoms with Crippen LogP contribution >= 0.6 is 0 Å². The van der Waals surface area contributed by atoms with E-state index in [0.29, 0.717) is 19.8 Å². The molecule has 0 radical (unpaired) electrons. The highest BCUT2D eigenvalue weighted by Gasteiger charge is 2.05. The van der Waals surface area contributed by atoms with Crippen LogP contribution in [0.15, 0.2) is 0 Å². The molecule has 6 nitrogen and oxygen atoms in total. The molecule has 1 heterocycles. The van der Waals surface area contributed by atoms with E-state index in [1.807, 2.05) is 11.6 Å². The van der Waals surface area contributed by atoms with Crippen LogP contribution in [0, 0.1) is 0 Å². The fraction of sp³-hybridized carbons (Fsp3) is 0.714. The predicted molar refractivity (Wildman–Crippen MR) is 49.3 cm³/mol. The van der Waals surface area contributed by atoms with Crippen LogP contribution in [0.4, 0.5) is 5.95 Å². The molecule has 74 valence electrons. The average Bonchev–Trinajstić information content (AvgIpc) is 2.48. The lowest BCUT2D eigenvalue weighted by Gasteiger charge is -2.03. The van der Waals surface area contributed by atoms with E-state index >= 15 is 0 Å². The van der Waals surface area contributed by atoms with Crippen LogP contribution in [0.1, 0.15) is 5.82 Å². The van der Waals surface area contributed by atoms with Gasteiger partial charge in [0.15, 0.2) is 5.82 Å². The normalized spacial score (nSPS) is 10.4. The van der Waals surface area contributed by atoms with Crippen molar-refractivity contribution in [1.29, 1.82) is 0 Å². The number of aromatic nitrogens is 3. The van der Waals surface area contributed by atoms with E-state index in [9.17, 15) is 0 Å². The summed E-state index contributed by atoms with van der Waals surface area (Å²) < 4.78 is 7.08. The van der Waals surface area contributed by atoms with Gasteiger partial charge in [-0.15, -0.1) is 10.2 Å². The van der Waals surface area contributed by atoms with Crippen molar-refractivity contribution >= 4 is 5.95 Å². The topological polar surface area (TPSA) is 78.0 Å². The van der Waals surface area contributed by atoms with Crippen LogP contribution in [-0.4, -0.2) is 35.0 Å². The number of nitrogens with one attached hydrogen (secondary N) is 1. The number of anilines is 1. The number of hydrogen-bond acceptors (Lipinski definition) is 5. The Bertz CT molecular complexity index is 259. The highest BCUT2D eigenvalue weighted by Crippen LogP contribution is 2.04. The van der Waals surface area contributed by atoms with Crippen molar-refractivity contribution in [3.63, 3.8) is 0 Å². The van der Waals surface area contributed by atoms with Crippen LogP contribution in [0.2, 0.25) is 0 Å². The molecule has 3 N–H and O–H groups in total. The van der Waals surface area contributed by atoms with Gasteiger partial charge in [0.2, 0.25) is 5.95 Å². The van der Waals surface area contributed by atoms with E-state index in [1.54, 1.807) is 7.05 Å². The van der Waals surface area contributed by atoms with Gasteiger partial charge in [0.1, 0.15) is 6.61 Å². The van der Waals surface area contributed by atoms with E-state index in [1.165, 1.54) is 0 Å². The summed E-state index contributed by atoms with van der Waals surface area (Å²) in [6.45, 7) is 1.51. The first-order valence-electron chi connectivity index (χ1n) is 4.13. The van der Waals surface area contributed by atoms with Gasteiger partial charge in [0, 0.05) is 20.6 Å². The molecule has 0 aliphatic heterocycles. The third-order valence-electron chi connectivity index (χ3n) is 1.68. The Balaban J connectivity index is 2.51. The molecule has 0 aliphatic carbocycles. The fourth-order valence-electron chi connectivity index (χ4n) is 0.952. The molecule has 1 aromatic heterocycles. The van der Waals surface area contributed by atoms with Crippen molar-refractivity contribution in [3.05, 3.63) is 5.82 Å². The van der Waals surface area contributed by atoms with E-state index in [4.69, 9.17) is 10.5 Å². The van der Waals surface area contributed by atoms with Crippen LogP contribution in [0.25, 0.3) is 0 Å². The van der Waals surface area contributed by atoms with E-state index in [-0.39, 0.29) is 0 Å². The lowest BCUT2D eigenvalue weighted by atomic mass is 10.6. The summed E-state index contributed by atoms with van der Waals surface area (Å²) in [5, 5.41) is 10.8. The standard InChI is InChI=1S/C7H15N5O/c1-9-7-11-10-6(12(7)2)5-13-4-3-8/h3-5,8H2,1-2H3,(H,9,11). The molecule has 0 saturated heterocycles. The molecular formula is C7H15N5O. The van der Waals surface area contributed by atoms with Crippen LogP contribution in [-0.2, 0) is 18.4 Å². The Labute approximate surface area is 77.1 Å². The molecular weight excluding hydrogens is 170 g/mol. The summed E-state index contributed by atoms with van der Waals surface area (Å²) in [6.07, 6.45) is 0. The smallest absolute Gasteiger partial charge is 0.224 e. The van der Waals surface area contributed by atoms with Crippen LogP contribution in [0.5, 0.6) is 0 Å². The summed E-state index contributed by atoms with van der Waals surface area (Å²) in [6, 6.07) is 0. The number of hydrogen-bond donors (Lipinski definition) is 2. The molecule has 0 amide bonds. The Morgan fingerprint density at radius 3 is 2.85 bits per heavy atom. The summed E-state index contributed by atoms with van der Waals surface area (Å²) in [4.78, 5) is 0. The van der Waals surface area contributed by atoms with E-state index in [0.717, 1.165) is 11.8 Å². The van der Waals surface area contributed by atoms with Gasteiger partial charge in [-0.3, -0.25) is 4.57 Å². The lowest BCUT2D eigenvalue weighted by Crippen LogP contribution is -2.10. The van der Waals surface area contributed by atoms with Crippen molar-refractivity contribution in [1.82, 2.24) is 14.8 Å². The fourth-order valence-corrected chi connectivity index (χ4v) is 0.952. The number of rotatable bonds is 5. The molecule has 0 bridgehead atoms. The Morgan fingerprint density at radius 1 is 1.54 bits per heavy atom. The number of nitrogens with two attached hydrogens (primary N) is 1. The largest absolute Gasteiger partial charge is 0.372 e. The van der Waals surface area contributed by atoms with E-state index in [2.05, 4.69) is 15.5 Å². The number of ether oxygens (including phenoxy) is 1. The monoisotopic (exact) mass is 185 g/mol. The van der Waals surface area contributed by atoms with Crippen molar-refractivity contribution < 1.29 is 4.74 Å². The summed E-state index contributed by atoms with van der Waals surface area (Å²) in [5.74, 6) is 1.52. The minimum Gasteiger partial charge on any atom is -0.372 e. The zero-order chi connectivity index (χ0) is 9.68. The molecule has 0 saturated carbocycles. The molecule has 0 atom stereocenters. The number of nitrogens with zero attached hydrogens (tertiary/aromatic N) is 3. The second-order valence-electron chi connectivity index (χ2n) is 2.59. The maximum Gasteiger partial charge on any atom is 0.224 e. The first-order valence-corrected chi connectivity index (χ1v) is 4.13. The maximum absolute atomic E-state index is 5.28. The molecule has 0 unspecified atom stereocenters. The molecule has 1 rings (SSSR count). The van der Waals surface area contributed by atoms with Gasteiger partial charge in [-0.2, -0.15) is 0 Å². The average molecular weight is 185 g/mol. The second-order valence-corrected chi connectivity index (χ2v) is 2.59. The molecule has 13 heavy (non-hydrogen) atoms. The maximum atomic E-state index is 5.28. The molecule has 6 heteroatoms. The molecule has 0 aromatic carbocycles. The summed E-state index contributed by atoms with van der Waals surface area (Å²) in [7, 11) is 3.68. The molecule has 0 fully saturated rings. The zero-order valence-corrected chi connectivity index (χ0v) is 7.95. The minimum absolute atomic E-state index is 0.447. The highest BCUT2D eigenvalue weighted by molar-refractivity contribution is 5.23. The zero-order valence-electron chi connectivity index (χ0n) is 7.95. The van der Waals surface area contributed by atoms with Gasteiger partial charge in [-0.25, -0.2) is 0 Å². The second kappa shape index (κ2) is 4.78. The molecule has 0 aliphatic rings. The van der Waals surface area contributed by atoms with Gasteiger partial charge < -0.3 is 15.8 Å². The Hall–Kier alpha value is -1.14. The van der Waals surface area contributed by atoms with Crippen molar-refractivity contribution in [2.45, 2.75) is 6.61 Å². The minimum atomic E-state index is 0.447. The van der Waals surface area contributed by atoms with E-state index < -0.39 is 0 Å². The van der Waals surface area contributed by atoms with Gasteiger partial charge in [0.25, 0.3) is 0 Å². The first-order chi connectivity index (χ1) is 6.29. The van der Waals surface area contributed by atoms with Gasteiger partial charge in [-0.1, -0.05) is 0 Å². The lowest BCUT2D eigenvalue weighted by molar-refractivity contribution is 0.120. The third kappa shape index (κ3) is 2.40. The van der Waals surface area contributed by atoms with Crippen molar-refractivity contribution in [3.8, 4) is 0 Å². The van der Waals surface area contributed by atoms with Gasteiger partial charge in [0.05, 0.1) is 6.61 Å². The molecule has 1 aromatic rings. The Kier molecular flexibility index (Phi) is 3.66. The highest BCUT2D eigenvalue weighted by atomic mass is 16.5. The van der Waals surface area contributed by atoms with Gasteiger partial charge >= 0.3 is 0 Å². The third-order valence-corrected chi connectivity index (χ3v) is 1.68. The SMILES string of the molecule is CNc1nnc(COCCN)n1C. The van der Waals surface area contributed by atoms with Crippen molar-refractivity contribution in [2.24, 2.45) is 12.8 Å². The molecule has 0 spiro atoms. The van der Waals surface area contributed by atoms with Crippen LogP contribution in [0.3, 0.4) is 0 Å². The van der Waals surface area contributed by atoms with Crippen molar-refractivity contribution in [2.75, 3.05) is 25.5 Å². The first kappa shape index (κ1) is 9.94. The summed E-state index contributed by atoms with van der Waals surface area (Å²) in [5.41, 5.74) is 5.28. The van der Waals surface area contributed by atoms with Crippen LogP contribution < -0.4 is 11.1 Å². The van der Waals surface area contributed by atoms with Gasteiger partial charge in [-0.05, 0) is 0 Å². The predicted octanol–water partition coefficient (Wildman–Crippen LogP) is -0.668. The quantitative estimate of drug-likeness (QED) is 0.595.